The van der Waals surface area contributed by atoms with Gasteiger partial charge in [0.25, 0.3) is 0 Å². The van der Waals surface area contributed by atoms with Crippen LogP contribution in [0.5, 0.6) is 5.75 Å². The Morgan fingerprint density at radius 3 is 2.71 bits per heavy atom. The van der Waals surface area contributed by atoms with Crippen LogP contribution in [0.25, 0.3) is 11.1 Å². The number of halogens is 2. The van der Waals surface area contributed by atoms with E-state index in [1.807, 2.05) is 18.2 Å². The second-order valence-corrected chi connectivity index (χ2v) is 8.10. The number of aliphatic hydroxyl groups excluding tert-OH is 1. The summed E-state index contributed by atoms with van der Waals surface area (Å²) in [4.78, 5) is 13.3. The predicted molar refractivity (Wildman–Crippen MR) is 110 cm³/mol. The molecule has 2 aromatic carbocycles. The third-order valence-corrected chi connectivity index (χ3v) is 6.09. The number of alkyl halides is 2. The van der Waals surface area contributed by atoms with E-state index in [4.69, 9.17) is 4.74 Å². The normalized spacial score (nSPS) is 20.2. The Balaban J connectivity index is 1.69. The van der Waals surface area contributed by atoms with Gasteiger partial charge < -0.3 is 25.2 Å². The number of aliphatic carboxylic acids is 1. The molecule has 5 rings (SSSR count). The van der Waals surface area contributed by atoms with Crippen molar-refractivity contribution in [2.75, 3.05) is 11.4 Å². The standard InChI is InChI=1S/C23H22F2N2O4/c24-23(25)31-21-16(13-2-1-12-7-8-26-10-14(12)9-13)5-6-17-19(21)27(15-3-4-15)11-18(20(17)28)22(29)30/h1-2,5-6,9,11,15,20,23,26,28H,3-4,7-8,10H2,(H,29,30). The minimum absolute atomic E-state index is 0.0106. The topological polar surface area (TPSA) is 82.0 Å². The second kappa shape index (κ2) is 7.62. The van der Waals surface area contributed by atoms with Crippen molar-refractivity contribution in [2.24, 2.45) is 0 Å². The van der Waals surface area contributed by atoms with Crippen molar-refractivity contribution in [3.05, 3.63) is 58.8 Å². The first-order chi connectivity index (χ1) is 14.9. The number of hydrogen-bond donors (Lipinski definition) is 3. The highest BCUT2D eigenvalue weighted by Gasteiger charge is 2.39. The molecule has 3 aliphatic rings. The molecule has 0 saturated heterocycles. The quantitative estimate of drug-likeness (QED) is 0.675. The first-order valence-corrected chi connectivity index (χ1v) is 10.3. The summed E-state index contributed by atoms with van der Waals surface area (Å²) in [6.07, 6.45) is 2.45. The number of anilines is 1. The third-order valence-electron chi connectivity index (χ3n) is 6.09. The predicted octanol–water partition coefficient (Wildman–Crippen LogP) is 3.59. The van der Waals surface area contributed by atoms with E-state index < -0.39 is 18.7 Å². The van der Waals surface area contributed by atoms with Gasteiger partial charge in [0, 0.05) is 29.9 Å². The summed E-state index contributed by atoms with van der Waals surface area (Å²) in [5.41, 5.74) is 3.93. The van der Waals surface area contributed by atoms with E-state index in [1.54, 1.807) is 17.0 Å². The van der Waals surface area contributed by atoms with Gasteiger partial charge in [-0.15, -0.1) is 0 Å². The number of carboxylic acids is 1. The van der Waals surface area contributed by atoms with Crippen LogP contribution in [0.2, 0.25) is 0 Å². The Bertz CT molecular complexity index is 1080. The van der Waals surface area contributed by atoms with Crippen molar-refractivity contribution in [2.45, 2.75) is 44.6 Å². The number of benzene rings is 2. The van der Waals surface area contributed by atoms with Crippen LogP contribution in [0.4, 0.5) is 14.5 Å². The Morgan fingerprint density at radius 2 is 2.00 bits per heavy atom. The second-order valence-electron chi connectivity index (χ2n) is 8.10. The van der Waals surface area contributed by atoms with Crippen LogP contribution in [-0.2, 0) is 17.8 Å². The van der Waals surface area contributed by atoms with Crippen molar-refractivity contribution in [1.29, 1.82) is 0 Å². The maximum absolute atomic E-state index is 13.5. The van der Waals surface area contributed by atoms with E-state index in [2.05, 4.69) is 5.32 Å². The van der Waals surface area contributed by atoms with E-state index in [9.17, 15) is 23.8 Å². The molecule has 162 valence electrons. The lowest BCUT2D eigenvalue weighted by Gasteiger charge is -2.33. The van der Waals surface area contributed by atoms with Crippen molar-refractivity contribution in [3.8, 4) is 16.9 Å². The molecule has 6 nitrogen and oxygen atoms in total. The Hall–Kier alpha value is -2.97. The molecule has 0 aromatic heterocycles. The number of hydrogen-bond acceptors (Lipinski definition) is 5. The number of nitrogens with zero attached hydrogens (tertiary/aromatic N) is 1. The van der Waals surface area contributed by atoms with Gasteiger partial charge in [-0.05, 0) is 48.6 Å². The van der Waals surface area contributed by atoms with Gasteiger partial charge >= 0.3 is 12.6 Å². The van der Waals surface area contributed by atoms with E-state index in [1.165, 1.54) is 11.8 Å². The smallest absolute Gasteiger partial charge is 0.387 e. The summed E-state index contributed by atoms with van der Waals surface area (Å²) in [6.45, 7) is -1.46. The molecule has 1 saturated carbocycles. The average Bonchev–Trinajstić information content (AvgIpc) is 3.58. The number of carbonyl (C=O) groups is 1. The third kappa shape index (κ3) is 3.55. The fourth-order valence-electron chi connectivity index (χ4n) is 4.42. The summed E-state index contributed by atoms with van der Waals surface area (Å²) in [5.74, 6) is -1.28. The minimum Gasteiger partial charge on any atom is -0.478 e. The highest BCUT2D eigenvalue weighted by Crippen LogP contribution is 2.51. The van der Waals surface area contributed by atoms with Crippen LogP contribution in [0.15, 0.2) is 42.1 Å². The zero-order chi connectivity index (χ0) is 21.7. The van der Waals surface area contributed by atoms with Gasteiger partial charge in [-0.2, -0.15) is 8.78 Å². The maximum atomic E-state index is 13.5. The summed E-state index contributed by atoms with van der Waals surface area (Å²) in [6, 6.07) is 9.09. The number of ether oxygens (including phenoxy) is 1. The Morgan fingerprint density at radius 1 is 1.19 bits per heavy atom. The lowest BCUT2D eigenvalue weighted by atomic mass is 9.90. The van der Waals surface area contributed by atoms with Gasteiger partial charge in [0.15, 0.2) is 5.75 Å². The molecule has 31 heavy (non-hydrogen) atoms. The van der Waals surface area contributed by atoms with Crippen LogP contribution in [0.3, 0.4) is 0 Å². The van der Waals surface area contributed by atoms with E-state index in [0.717, 1.165) is 36.9 Å². The lowest BCUT2D eigenvalue weighted by molar-refractivity contribution is -0.133. The molecule has 3 N–H and O–H groups in total. The largest absolute Gasteiger partial charge is 0.478 e. The fourth-order valence-corrected chi connectivity index (χ4v) is 4.42. The molecule has 0 spiro atoms. The molecule has 2 aromatic rings. The maximum Gasteiger partial charge on any atom is 0.387 e. The van der Waals surface area contributed by atoms with E-state index in [0.29, 0.717) is 17.8 Å². The molecule has 0 amide bonds. The molecule has 0 bridgehead atoms. The molecule has 1 fully saturated rings. The van der Waals surface area contributed by atoms with Crippen LogP contribution in [-0.4, -0.2) is 35.4 Å². The van der Waals surface area contributed by atoms with Crippen LogP contribution in [0.1, 0.15) is 35.6 Å². The number of rotatable bonds is 5. The van der Waals surface area contributed by atoms with Gasteiger partial charge in [0.05, 0.1) is 11.3 Å². The monoisotopic (exact) mass is 428 g/mol. The van der Waals surface area contributed by atoms with Crippen LogP contribution < -0.4 is 15.0 Å². The highest BCUT2D eigenvalue weighted by molar-refractivity contribution is 5.93. The summed E-state index contributed by atoms with van der Waals surface area (Å²) in [7, 11) is 0. The fraction of sp³-hybridized carbons (Fsp3) is 0.348. The van der Waals surface area contributed by atoms with E-state index in [-0.39, 0.29) is 22.9 Å². The van der Waals surface area contributed by atoms with Gasteiger partial charge in [0.2, 0.25) is 0 Å². The highest BCUT2D eigenvalue weighted by atomic mass is 19.3. The molecule has 1 atom stereocenters. The molecule has 2 aliphatic heterocycles. The zero-order valence-electron chi connectivity index (χ0n) is 16.6. The van der Waals surface area contributed by atoms with Crippen molar-refractivity contribution in [1.82, 2.24) is 5.32 Å². The van der Waals surface area contributed by atoms with Gasteiger partial charge in [-0.1, -0.05) is 24.3 Å². The Kier molecular flexibility index (Phi) is 4.91. The van der Waals surface area contributed by atoms with Gasteiger partial charge in [-0.25, -0.2) is 4.79 Å². The first-order valence-electron chi connectivity index (χ1n) is 10.3. The number of nitrogens with one attached hydrogen (secondary N) is 1. The summed E-state index contributed by atoms with van der Waals surface area (Å²) in [5, 5.41) is 23.5. The molecule has 1 aliphatic carbocycles. The first kappa shape index (κ1) is 20.0. The van der Waals surface area contributed by atoms with Crippen LogP contribution >= 0.6 is 0 Å². The zero-order valence-corrected chi connectivity index (χ0v) is 16.6. The molecule has 1 unspecified atom stereocenters. The minimum atomic E-state index is -3.06. The van der Waals surface area contributed by atoms with Gasteiger partial charge in [0.1, 0.15) is 6.10 Å². The van der Waals surface area contributed by atoms with Crippen LogP contribution in [0, 0.1) is 0 Å². The van der Waals surface area contributed by atoms with E-state index >= 15 is 0 Å². The molecule has 2 heterocycles. The summed E-state index contributed by atoms with van der Waals surface area (Å²) >= 11 is 0. The molecule has 0 radical (unpaired) electrons. The molecular weight excluding hydrogens is 406 g/mol. The Labute approximate surface area is 177 Å². The number of aliphatic hydroxyl groups is 1. The molecular formula is C23H22F2N2O4. The SMILES string of the molecule is O=C(O)C1=CN(C2CC2)c2c(ccc(-c3ccc4c(c3)CNCC4)c2OC(F)F)C1O. The van der Waals surface area contributed by atoms with Crippen molar-refractivity contribution >= 4 is 11.7 Å². The molecule has 8 heteroatoms. The number of fused-ring (bicyclic) bond motifs is 2. The summed E-state index contributed by atoms with van der Waals surface area (Å²) < 4.78 is 32.0. The van der Waals surface area contributed by atoms with Gasteiger partial charge in [-0.3, -0.25) is 0 Å². The van der Waals surface area contributed by atoms with Crippen molar-refractivity contribution in [3.63, 3.8) is 0 Å². The lowest BCUT2D eigenvalue weighted by Crippen LogP contribution is -2.30. The van der Waals surface area contributed by atoms with Crippen molar-refractivity contribution < 1.29 is 28.5 Å². The number of carboxylic acid groups (broad SMARTS) is 1. The average molecular weight is 428 g/mol.